The van der Waals surface area contributed by atoms with Gasteiger partial charge >= 0.3 is 0 Å². The SMILES string of the molecule is CC1(CCCCCO)C=CC(=O)C1. The molecule has 1 atom stereocenters. The van der Waals surface area contributed by atoms with Crippen LogP contribution >= 0.6 is 0 Å². The first-order valence-corrected chi connectivity index (χ1v) is 4.99. The van der Waals surface area contributed by atoms with Gasteiger partial charge in [-0.15, -0.1) is 0 Å². The van der Waals surface area contributed by atoms with Gasteiger partial charge in [0.25, 0.3) is 0 Å². The lowest BCUT2D eigenvalue weighted by Gasteiger charge is -2.20. The normalized spacial score (nSPS) is 27.1. The molecule has 0 aromatic carbocycles. The second kappa shape index (κ2) is 4.56. The Hall–Kier alpha value is -0.630. The Bertz CT molecular complexity index is 208. The van der Waals surface area contributed by atoms with Crippen molar-refractivity contribution in [2.24, 2.45) is 5.41 Å². The number of unbranched alkanes of at least 4 members (excludes halogenated alkanes) is 2. The molecule has 74 valence electrons. The molecule has 1 aliphatic carbocycles. The van der Waals surface area contributed by atoms with Crippen molar-refractivity contribution in [2.45, 2.75) is 39.0 Å². The van der Waals surface area contributed by atoms with Crippen molar-refractivity contribution < 1.29 is 9.90 Å². The van der Waals surface area contributed by atoms with Gasteiger partial charge in [0.05, 0.1) is 0 Å². The summed E-state index contributed by atoms with van der Waals surface area (Å²) in [5, 5.41) is 8.60. The molecule has 1 unspecified atom stereocenters. The van der Waals surface area contributed by atoms with Crippen LogP contribution in [-0.2, 0) is 4.79 Å². The minimum Gasteiger partial charge on any atom is -0.396 e. The van der Waals surface area contributed by atoms with Gasteiger partial charge in [-0.25, -0.2) is 0 Å². The highest BCUT2D eigenvalue weighted by molar-refractivity contribution is 5.92. The monoisotopic (exact) mass is 182 g/mol. The maximum absolute atomic E-state index is 11.0. The third kappa shape index (κ3) is 3.31. The fourth-order valence-electron chi connectivity index (χ4n) is 1.80. The Labute approximate surface area is 79.6 Å². The van der Waals surface area contributed by atoms with Gasteiger partial charge < -0.3 is 5.11 Å². The molecule has 1 N–H and O–H groups in total. The van der Waals surface area contributed by atoms with Crippen molar-refractivity contribution in [1.82, 2.24) is 0 Å². The van der Waals surface area contributed by atoms with Crippen molar-refractivity contribution in [2.75, 3.05) is 6.61 Å². The molecule has 0 amide bonds. The van der Waals surface area contributed by atoms with Crippen molar-refractivity contribution in [3.8, 4) is 0 Å². The standard InChI is InChI=1S/C11H18O2/c1-11(6-3-2-4-8-12)7-5-10(13)9-11/h5,7,12H,2-4,6,8-9H2,1H3. The maximum Gasteiger partial charge on any atom is 0.156 e. The number of carbonyl (C=O) groups is 1. The number of hydrogen-bond acceptors (Lipinski definition) is 2. The predicted octanol–water partition coefficient (Wildman–Crippen LogP) is 2.07. The predicted molar refractivity (Wildman–Crippen MR) is 52.4 cm³/mol. The molecule has 2 heteroatoms. The lowest BCUT2D eigenvalue weighted by atomic mass is 9.84. The summed E-state index contributed by atoms with van der Waals surface area (Å²) in [6, 6.07) is 0. The highest BCUT2D eigenvalue weighted by Crippen LogP contribution is 2.34. The van der Waals surface area contributed by atoms with Gasteiger partial charge in [0, 0.05) is 13.0 Å². The third-order valence-electron chi connectivity index (χ3n) is 2.66. The molecule has 0 saturated carbocycles. The molecule has 0 spiro atoms. The fraction of sp³-hybridized carbons (Fsp3) is 0.727. The molecule has 0 bridgehead atoms. The summed E-state index contributed by atoms with van der Waals surface area (Å²) in [4.78, 5) is 11.0. The van der Waals surface area contributed by atoms with Crippen LogP contribution in [0.5, 0.6) is 0 Å². The maximum atomic E-state index is 11.0. The van der Waals surface area contributed by atoms with Crippen LogP contribution in [0.3, 0.4) is 0 Å². The zero-order valence-electron chi connectivity index (χ0n) is 8.25. The van der Waals surface area contributed by atoms with Gasteiger partial charge in [-0.1, -0.05) is 25.8 Å². The van der Waals surface area contributed by atoms with Crippen LogP contribution in [0, 0.1) is 5.41 Å². The van der Waals surface area contributed by atoms with E-state index >= 15 is 0 Å². The molecule has 0 aliphatic heterocycles. The van der Waals surface area contributed by atoms with Crippen LogP contribution in [0.25, 0.3) is 0 Å². The van der Waals surface area contributed by atoms with E-state index in [1.54, 1.807) is 6.08 Å². The number of hydrogen-bond donors (Lipinski definition) is 1. The van der Waals surface area contributed by atoms with Crippen molar-refractivity contribution in [3.63, 3.8) is 0 Å². The Balaban J connectivity index is 2.21. The molecule has 1 aliphatic rings. The summed E-state index contributed by atoms with van der Waals surface area (Å²) in [5.74, 6) is 0.254. The lowest BCUT2D eigenvalue weighted by Crippen LogP contribution is -2.11. The van der Waals surface area contributed by atoms with E-state index in [0.29, 0.717) is 6.42 Å². The lowest BCUT2D eigenvalue weighted by molar-refractivity contribution is -0.115. The van der Waals surface area contributed by atoms with E-state index in [1.807, 2.05) is 6.08 Å². The molecule has 2 nitrogen and oxygen atoms in total. The van der Waals surface area contributed by atoms with E-state index in [-0.39, 0.29) is 17.8 Å². The Kier molecular flexibility index (Phi) is 3.67. The van der Waals surface area contributed by atoms with Crippen LogP contribution in [0.15, 0.2) is 12.2 Å². The second-order valence-corrected chi connectivity index (χ2v) is 4.16. The number of carbonyl (C=O) groups excluding carboxylic acids is 1. The van der Waals surface area contributed by atoms with Gasteiger partial charge in [-0.3, -0.25) is 4.79 Å². The second-order valence-electron chi connectivity index (χ2n) is 4.16. The molecular weight excluding hydrogens is 164 g/mol. The van der Waals surface area contributed by atoms with E-state index in [2.05, 4.69) is 6.92 Å². The Morgan fingerprint density at radius 1 is 1.46 bits per heavy atom. The van der Waals surface area contributed by atoms with Crippen LogP contribution in [-0.4, -0.2) is 17.5 Å². The first-order chi connectivity index (χ1) is 6.16. The molecule has 0 fully saturated rings. The number of rotatable bonds is 5. The van der Waals surface area contributed by atoms with E-state index in [0.717, 1.165) is 25.7 Å². The summed E-state index contributed by atoms with van der Waals surface area (Å²) in [6.07, 6.45) is 8.53. The van der Waals surface area contributed by atoms with E-state index in [9.17, 15) is 4.79 Å². The molecular formula is C11H18O2. The summed E-state index contributed by atoms with van der Waals surface area (Å²) in [5.41, 5.74) is 0.104. The van der Waals surface area contributed by atoms with E-state index in [4.69, 9.17) is 5.11 Å². The largest absolute Gasteiger partial charge is 0.396 e. The van der Waals surface area contributed by atoms with Gasteiger partial charge in [0.15, 0.2) is 5.78 Å². The Morgan fingerprint density at radius 3 is 2.77 bits per heavy atom. The first-order valence-electron chi connectivity index (χ1n) is 4.99. The first kappa shape index (κ1) is 10.5. The van der Waals surface area contributed by atoms with Crippen molar-refractivity contribution >= 4 is 5.78 Å². The fourth-order valence-corrected chi connectivity index (χ4v) is 1.80. The minimum absolute atomic E-state index is 0.104. The van der Waals surface area contributed by atoms with Crippen LogP contribution in [0.4, 0.5) is 0 Å². The molecule has 0 saturated heterocycles. The highest BCUT2D eigenvalue weighted by Gasteiger charge is 2.27. The highest BCUT2D eigenvalue weighted by atomic mass is 16.2. The molecule has 0 heterocycles. The molecule has 0 aromatic heterocycles. The topological polar surface area (TPSA) is 37.3 Å². The van der Waals surface area contributed by atoms with Crippen molar-refractivity contribution in [3.05, 3.63) is 12.2 Å². The molecule has 0 radical (unpaired) electrons. The van der Waals surface area contributed by atoms with Gasteiger partial charge in [0.1, 0.15) is 0 Å². The quantitative estimate of drug-likeness (QED) is 0.661. The molecule has 13 heavy (non-hydrogen) atoms. The average Bonchev–Trinajstić information content (AvgIpc) is 2.41. The Morgan fingerprint density at radius 2 is 2.23 bits per heavy atom. The zero-order chi connectivity index (χ0) is 9.73. The van der Waals surface area contributed by atoms with E-state index < -0.39 is 0 Å². The number of aliphatic hydroxyl groups is 1. The van der Waals surface area contributed by atoms with E-state index in [1.165, 1.54) is 0 Å². The summed E-state index contributed by atoms with van der Waals surface area (Å²) < 4.78 is 0. The van der Waals surface area contributed by atoms with Crippen LogP contribution in [0.2, 0.25) is 0 Å². The van der Waals surface area contributed by atoms with Gasteiger partial charge in [-0.05, 0) is 24.3 Å². The van der Waals surface area contributed by atoms with Crippen LogP contribution in [0.1, 0.15) is 39.0 Å². The number of ketones is 1. The number of allylic oxidation sites excluding steroid dienone is 2. The van der Waals surface area contributed by atoms with Gasteiger partial charge in [-0.2, -0.15) is 0 Å². The summed E-state index contributed by atoms with van der Waals surface area (Å²) in [7, 11) is 0. The zero-order valence-corrected chi connectivity index (χ0v) is 8.25. The van der Waals surface area contributed by atoms with Gasteiger partial charge in [0.2, 0.25) is 0 Å². The number of aliphatic hydroxyl groups excluding tert-OH is 1. The van der Waals surface area contributed by atoms with Crippen LogP contribution < -0.4 is 0 Å². The smallest absolute Gasteiger partial charge is 0.156 e. The third-order valence-corrected chi connectivity index (χ3v) is 2.66. The summed E-state index contributed by atoms with van der Waals surface area (Å²) in [6.45, 7) is 2.42. The molecule has 1 rings (SSSR count). The van der Waals surface area contributed by atoms with Crippen molar-refractivity contribution in [1.29, 1.82) is 0 Å². The summed E-state index contributed by atoms with van der Waals surface area (Å²) >= 11 is 0. The minimum atomic E-state index is 0.104. The molecule has 0 aromatic rings. The average molecular weight is 182 g/mol.